The van der Waals surface area contributed by atoms with Crippen LogP contribution in [0.15, 0.2) is 121 Å². The molecule has 0 unspecified atom stereocenters. The van der Waals surface area contributed by atoms with E-state index in [-0.39, 0.29) is 19.5 Å². The van der Waals surface area contributed by atoms with Gasteiger partial charge in [0.15, 0.2) is 0 Å². The third-order valence-electron chi connectivity index (χ3n) is 6.56. The van der Waals surface area contributed by atoms with Gasteiger partial charge >= 0.3 is 0 Å². The number of fused-ring (bicyclic) bond motifs is 3. The molecule has 0 atom stereocenters. The Kier molecular flexibility index (Phi) is 5.99. The summed E-state index contributed by atoms with van der Waals surface area (Å²) in [6, 6.07) is 42.0. The molecule has 0 saturated heterocycles. The Morgan fingerprint density at radius 3 is 1.70 bits per heavy atom. The fourth-order valence-electron chi connectivity index (χ4n) is 4.95. The van der Waals surface area contributed by atoms with Crippen molar-refractivity contribution in [1.82, 2.24) is 4.98 Å². The monoisotopic (exact) mass is 546 g/mol. The van der Waals surface area contributed by atoms with Gasteiger partial charge in [-0.05, 0) is 66.7 Å². The van der Waals surface area contributed by atoms with Crippen molar-refractivity contribution in [2.75, 3.05) is 15.5 Å². The van der Waals surface area contributed by atoms with E-state index in [4.69, 9.17) is 10.7 Å². The summed E-state index contributed by atoms with van der Waals surface area (Å²) < 4.78 is 1.16. The number of nitrogens with zero attached hydrogens (tertiary/aromatic N) is 3. The van der Waals surface area contributed by atoms with Crippen LogP contribution >= 0.6 is 11.3 Å². The molecule has 1 aromatic heterocycles. The first-order valence-corrected chi connectivity index (χ1v) is 12.7. The Labute approximate surface area is 232 Å². The molecule has 0 aliphatic carbocycles. The van der Waals surface area contributed by atoms with Gasteiger partial charge in [-0.1, -0.05) is 54.6 Å². The van der Waals surface area contributed by atoms with Gasteiger partial charge in [-0.15, -0.1) is 11.3 Å². The van der Waals surface area contributed by atoms with E-state index in [1.54, 1.807) is 11.3 Å². The molecule has 1 aliphatic heterocycles. The molecular formula is C31H22N4SZn. The second kappa shape index (κ2) is 9.47. The molecule has 6 aromatic rings. The summed E-state index contributed by atoms with van der Waals surface area (Å²) in [5.41, 5.74) is 15.9. The van der Waals surface area contributed by atoms with E-state index < -0.39 is 0 Å². The summed E-state index contributed by atoms with van der Waals surface area (Å²) in [6.45, 7) is 0. The molecule has 0 saturated carbocycles. The number of nitrogens with two attached hydrogens (primary N) is 1. The Balaban J connectivity index is 0.00000252. The number of hydrogen-bond donors (Lipinski definition) is 1. The molecule has 6 heteroatoms. The van der Waals surface area contributed by atoms with Crippen molar-refractivity contribution in [1.29, 1.82) is 0 Å². The van der Waals surface area contributed by atoms with Crippen molar-refractivity contribution < 1.29 is 19.5 Å². The van der Waals surface area contributed by atoms with Crippen LogP contribution in [-0.4, -0.2) is 4.98 Å². The maximum atomic E-state index is 6.67. The molecule has 0 radical (unpaired) electrons. The van der Waals surface area contributed by atoms with Gasteiger partial charge in [-0.25, -0.2) is 4.98 Å². The van der Waals surface area contributed by atoms with Crippen molar-refractivity contribution in [3.63, 3.8) is 0 Å². The van der Waals surface area contributed by atoms with Crippen LogP contribution in [0.25, 0.3) is 20.8 Å². The van der Waals surface area contributed by atoms with Gasteiger partial charge in [0, 0.05) is 42.1 Å². The summed E-state index contributed by atoms with van der Waals surface area (Å²) in [5, 5.41) is 0.940. The number of thiazole rings is 1. The predicted molar refractivity (Wildman–Crippen MR) is 152 cm³/mol. The van der Waals surface area contributed by atoms with E-state index in [0.717, 1.165) is 54.9 Å². The van der Waals surface area contributed by atoms with Crippen LogP contribution in [0.5, 0.6) is 0 Å². The Morgan fingerprint density at radius 1 is 0.568 bits per heavy atom. The Morgan fingerprint density at radius 2 is 1.11 bits per heavy atom. The van der Waals surface area contributed by atoms with Gasteiger partial charge in [-0.3, -0.25) is 0 Å². The van der Waals surface area contributed by atoms with Crippen molar-refractivity contribution in [2.45, 2.75) is 0 Å². The normalized spacial score (nSPS) is 12.1. The predicted octanol–water partition coefficient (Wildman–Crippen LogP) is 8.80. The second-order valence-electron chi connectivity index (χ2n) is 8.74. The van der Waals surface area contributed by atoms with Gasteiger partial charge in [0.2, 0.25) is 0 Å². The zero-order chi connectivity index (χ0) is 24.1. The minimum absolute atomic E-state index is 0. The number of anilines is 7. The molecule has 4 nitrogen and oxygen atoms in total. The quantitative estimate of drug-likeness (QED) is 0.177. The van der Waals surface area contributed by atoms with Crippen LogP contribution in [0.2, 0.25) is 0 Å². The molecule has 0 spiro atoms. The fourth-order valence-corrected chi connectivity index (χ4v) is 5.96. The molecule has 0 fully saturated rings. The Bertz CT molecular complexity index is 1650. The number of rotatable bonds is 3. The summed E-state index contributed by atoms with van der Waals surface area (Å²) in [4.78, 5) is 9.43. The van der Waals surface area contributed by atoms with Crippen LogP contribution in [-0.2, 0) is 19.5 Å². The van der Waals surface area contributed by atoms with Crippen LogP contribution in [0.1, 0.15) is 0 Å². The maximum absolute atomic E-state index is 6.67. The zero-order valence-corrected chi connectivity index (χ0v) is 23.9. The van der Waals surface area contributed by atoms with Gasteiger partial charge in [0.1, 0.15) is 5.01 Å². The van der Waals surface area contributed by atoms with Crippen molar-refractivity contribution in [3.05, 3.63) is 121 Å². The molecular weight excluding hydrogens is 526 g/mol. The van der Waals surface area contributed by atoms with Crippen molar-refractivity contribution in [2.24, 2.45) is 0 Å². The van der Waals surface area contributed by atoms with E-state index in [2.05, 4.69) is 107 Å². The maximum Gasteiger partial charge on any atom is 0.126 e. The van der Waals surface area contributed by atoms with Gasteiger partial charge in [0.25, 0.3) is 0 Å². The van der Waals surface area contributed by atoms with E-state index in [0.29, 0.717) is 5.69 Å². The van der Waals surface area contributed by atoms with Crippen molar-refractivity contribution in [3.8, 4) is 10.6 Å². The summed E-state index contributed by atoms with van der Waals surface area (Å²) in [6.07, 6.45) is 0. The molecule has 2 heterocycles. The summed E-state index contributed by atoms with van der Waals surface area (Å²) in [7, 11) is 0. The van der Waals surface area contributed by atoms with Crippen LogP contribution in [0.4, 0.5) is 39.8 Å². The Hall–Kier alpha value is -3.99. The van der Waals surface area contributed by atoms with Crippen LogP contribution in [0, 0.1) is 0 Å². The minimum atomic E-state index is 0. The van der Waals surface area contributed by atoms with Gasteiger partial charge in [-0.2, -0.15) is 0 Å². The molecule has 7 rings (SSSR count). The number of benzene rings is 5. The number of hydrogen-bond acceptors (Lipinski definition) is 5. The average Bonchev–Trinajstić information content (AvgIpc) is 3.36. The summed E-state index contributed by atoms with van der Waals surface area (Å²) in [5.74, 6) is 0. The topological polar surface area (TPSA) is 45.4 Å². The molecule has 5 aromatic carbocycles. The molecule has 0 bridgehead atoms. The van der Waals surface area contributed by atoms with E-state index in [9.17, 15) is 0 Å². The van der Waals surface area contributed by atoms with Gasteiger partial charge in [0.05, 0.1) is 33.0 Å². The average molecular weight is 548 g/mol. The number of para-hydroxylation sites is 6. The fraction of sp³-hybridized carbons (Fsp3) is 0. The largest absolute Gasteiger partial charge is 0.398 e. The van der Waals surface area contributed by atoms with E-state index in [1.807, 2.05) is 24.3 Å². The first-order valence-electron chi connectivity index (χ1n) is 11.9. The second-order valence-corrected chi connectivity index (χ2v) is 9.77. The minimum Gasteiger partial charge on any atom is -0.398 e. The molecule has 1 aliphatic rings. The molecule has 0 amide bonds. The third kappa shape index (κ3) is 3.90. The first-order chi connectivity index (χ1) is 17.8. The van der Waals surface area contributed by atoms with E-state index in [1.165, 1.54) is 0 Å². The van der Waals surface area contributed by atoms with Crippen LogP contribution < -0.4 is 15.5 Å². The first kappa shape index (κ1) is 23.4. The van der Waals surface area contributed by atoms with Gasteiger partial charge < -0.3 is 15.5 Å². The number of nitrogen functional groups attached to an aromatic ring is 1. The zero-order valence-electron chi connectivity index (χ0n) is 20.1. The van der Waals surface area contributed by atoms with Crippen molar-refractivity contribution >= 4 is 61.4 Å². The van der Waals surface area contributed by atoms with E-state index >= 15 is 0 Å². The summed E-state index contributed by atoms with van der Waals surface area (Å²) >= 11 is 1.67. The third-order valence-corrected chi connectivity index (χ3v) is 7.63. The molecule has 2 N–H and O–H groups in total. The van der Waals surface area contributed by atoms with Crippen LogP contribution in [0.3, 0.4) is 0 Å². The standard InChI is InChI=1S/C31H22N4S.Zn/c32-24-20-22(18-19-23(24)31-33-25-12-4-9-17-30(25)36-31)35-28-15-7-5-13-26(28)34(21-10-2-1-3-11-21)27-14-6-8-16-29(27)35;/h1-20H,32H2;. The molecule has 37 heavy (non-hydrogen) atoms. The molecule has 174 valence electrons. The SMILES string of the molecule is Nc1cc(N2c3ccccc3N(c3ccccc3)c3ccccc32)ccc1-c1nc2ccccc2s1.[Zn]. The smallest absolute Gasteiger partial charge is 0.126 e. The number of aromatic nitrogens is 1.